The van der Waals surface area contributed by atoms with Crippen molar-refractivity contribution in [2.45, 2.75) is 26.2 Å². The standard InChI is InChI=1S/C13H19Cl2NO3S/c1-3-4-7-20(17,18)16-6-5-10-8-11(14)9-12(15)13(10)19-2/h8-9,16H,3-7H2,1-2H3. The zero-order valence-corrected chi connectivity index (χ0v) is 13.9. The Morgan fingerprint density at radius 3 is 2.60 bits per heavy atom. The van der Waals surface area contributed by atoms with Gasteiger partial charge in [0.2, 0.25) is 10.0 Å². The lowest BCUT2D eigenvalue weighted by Crippen LogP contribution is -2.28. The summed E-state index contributed by atoms with van der Waals surface area (Å²) >= 11 is 12.0. The van der Waals surface area contributed by atoms with Gasteiger partial charge in [-0.1, -0.05) is 36.5 Å². The van der Waals surface area contributed by atoms with Crippen LogP contribution in [0.4, 0.5) is 0 Å². The molecule has 0 aliphatic carbocycles. The van der Waals surface area contributed by atoms with Crippen molar-refractivity contribution < 1.29 is 13.2 Å². The van der Waals surface area contributed by atoms with Crippen molar-refractivity contribution in [1.82, 2.24) is 4.72 Å². The van der Waals surface area contributed by atoms with E-state index in [0.717, 1.165) is 12.0 Å². The Bertz CT molecular complexity index is 547. The first-order valence-electron chi connectivity index (χ1n) is 6.39. The van der Waals surface area contributed by atoms with Gasteiger partial charge < -0.3 is 4.74 Å². The average molecular weight is 340 g/mol. The van der Waals surface area contributed by atoms with Crippen LogP contribution in [0.1, 0.15) is 25.3 Å². The van der Waals surface area contributed by atoms with Crippen molar-refractivity contribution in [1.29, 1.82) is 0 Å². The Kier molecular flexibility index (Phi) is 7.09. The monoisotopic (exact) mass is 339 g/mol. The maximum Gasteiger partial charge on any atom is 0.211 e. The smallest absolute Gasteiger partial charge is 0.211 e. The van der Waals surface area contributed by atoms with Gasteiger partial charge in [0.25, 0.3) is 0 Å². The summed E-state index contributed by atoms with van der Waals surface area (Å²) in [6.07, 6.45) is 1.97. The Hall–Kier alpha value is -0.490. The first kappa shape index (κ1) is 17.6. The third-order valence-electron chi connectivity index (χ3n) is 2.77. The average Bonchev–Trinajstić information content (AvgIpc) is 2.36. The first-order valence-corrected chi connectivity index (χ1v) is 8.79. The van der Waals surface area contributed by atoms with E-state index in [4.69, 9.17) is 27.9 Å². The summed E-state index contributed by atoms with van der Waals surface area (Å²) in [5.41, 5.74) is 0.781. The molecule has 1 N–H and O–H groups in total. The van der Waals surface area contributed by atoms with Crippen LogP contribution in [0.15, 0.2) is 12.1 Å². The maximum absolute atomic E-state index is 11.7. The summed E-state index contributed by atoms with van der Waals surface area (Å²) in [6, 6.07) is 3.32. The zero-order valence-electron chi connectivity index (χ0n) is 11.6. The van der Waals surface area contributed by atoms with E-state index in [-0.39, 0.29) is 5.75 Å². The molecule has 20 heavy (non-hydrogen) atoms. The topological polar surface area (TPSA) is 55.4 Å². The Labute approximate surface area is 130 Å². The van der Waals surface area contributed by atoms with Crippen LogP contribution in [-0.2, 0) is 16.4 Å². The summed E-state index contributed by atoms with van der Waals surface area (Å²) in [5, 5.41) is 0.920. The molecule has 0 saturated heterocycles. The van der Waals surface area contributed by atoms with Gasteiger partial charge in [-0.3, -0.25) is 0 Å². The predicted octanol–water partition coefficient (Wildman–Crippen LogP) is 3.26. The summed E-state index contributed by atoms with van der Waals surface area (Å²) in [6.45, 7) is 2.24. The maximum atomic E-state index is 11.7. The fraction of sp³-hybridized carbons (Fsp3) is 0.538. The molecule has 0 amide bonds. The number of unbranched alkanes of at least 4 members (excludes halogenated alkanes) is 1. The molecule has 7 heteroatoms. The van der Waals surface area contributed by atoms with Crippen molar-refractivity contribution in [2.75, 3.05) is 19.4 Å². The highest BCUT2D eigenvalue weighted by molar-refractivity contribution is 7.89. The molecule has 0 saturated carbocycles. The molecule has 1 aromatic carbocycles. The molecule has 0 radical (unpaired) electrons. The minimum absolute atomic E-state index is 0.150. The second-order valence-electron chi connectivity index (χ2n) is 4.40. The molecule has 1 rings (SSSR count). The molecule has 1 aromatic rings. The van der Waals surface area contributed by atoms with E-state index in [0.29, 0.717) is 35.2 Å². The Balaban J connectivity index is 2.67. The molecule has 0 bridgehead atoms. The summed E-state index contributed by atoms with van der Waals surface area (Å²) in [5.74, 6) is 0.681. The lowest BCUT2D eigenvalue weighted by Gasteiger charge is -2.11. The number of rotatable bonds is 8. The van der Waals surface area contributed by atoms with Gasteiger partial charge in [0.15, 0.2) is 0 Å². The molecule has 0 unspecified atom stereocenters. The minimum Gasteiger partial charge on any atom is -0.495 e. The van der Waals surface area contributed by atoms with Gasteiger partial charge in [0.1, 0.15) is 5.75 Å². The van der Waals surface area contributed by atoms with E-state index < -0.39 is 10.0 Å². The van der Waals surface area contributed by atoms with Gasteiger partial charge in [-0.15, -0.1) is 0 Å². The molecule has 114 valence electrons. The quantitative estimate of drug-likeness (QED) is 0.790. The second kappa shape index (κ2) is 8.08. The van der Waals surface area contributed by atoms with Crippen LogP contribution >= 0.6 is 23.2 Å². The Morgan fingerprint density at radius 2 is 2.00 bits per heavy atom. The van der Waals surface area contributed by atoms with Crippen LogP contribution in [0, 0.1) is 0 Å². The molecule has 0 fully saturated rings. The van der Waals surface area contributed by atoms with Gasteiger partial charge in [-0.2, -0.15) is 0 Å². The summed E-state index contributed by atoms with van der Waals surface area (Å²) in [4.78, 5) is 0. The number of hydrogen-bond acceptors (Lipinski definition) is 3. The van der Waals surface area contributed by atoms with E-state index in [1.165, 1.54) is 7.11 Å². The van der Waals surface area contributed by atoms with Crippen LogP contribution in [-0.4, -0.2) is 27.8 Å². The van der Waals surface area contributed by atoms with Crippen LogP contribution < -0.4 is 9.46 Å². The number of halogens is 2. The van der Waals surface area contributed by atoms with Gasteiger partial charge in [0, 0.05) is 11.6 Å². The molecular formula is C13H19Cl2NO3S. The first-order chi connectivity index (χ1) is 9.39. The molecule has 0 heterocycles. The normalized spacial score (nSPS) is 11.6. The number of sulfonamides is 1. The number of benzene rings is 1. The van der Waals surface area contributed by atoms with Crippen LogP contribution in [0.2, 0.25) is 10.0 Å². The third-order valence-corrected chi connectivity index (χ3v) is 4.74. The predicted molar refractivity (Wildman–Crippen MR) is 83.4 cm³/mol. The van der Waals surface area contributed by atoms with Crippen LogP contribution in [0.5, 0.6) is 5.75 Å². The van der Waals surface area contributed by atoms with Crippen molar-refractivity contribution in [2.24, 2.45) is 0 Å². The van der Waals surface area contributed by atoms with Gasteiger partial charge in [0.05, 0.1) is 17.9 Å². The van der Waals surface area contributed by atoms with E-state index >= 15 is 0 Å². The van der Waals surface area contributed by atoms with E-state index in [2.05, 4.69) is 4.72 Å². The lowest BCUT2D eigenvalue weighted by atomic mass is 10.1. The summed E-state index contributed by atoms with van der Waals surface area (Å²) in [7, 11) is -1.69. The third kappa shape index (κ3) is 5.48. The molecule has 0 aliphatic heterocycles. The number of methoxy groups -OCH3 is 1. The molecular weight excluding hydrogens is 321 g/mol. The van der Waals surface area contributed by atoms with E-state index in [9.17, 15) is 8.42 Å². The van der Waals surface area contributed by atoms with Crippen LogP contribution in [0.25, 0.3) is 0 Å². The largest absolute Gasteiger partial charge is 0.495 e. The van der Waals surface area contributed by atoms with Crippen molar-refractivity contribution >= 4 is 33.2 Å². The van der Waals surface area contributed by atoms with Crippen molar-refractivity contribution in [3.05, 3.63) is 27.7 Å². The molecule has 0 aliphatic rings. The number of ether oxygens (including phenoxy) is 1. The second-order valence-corrected chi connectivity index (χ2v) is 7.17. The van der Waals surface area contributed by atoms with Crippen molar-refractivity contribution in [3.63, 3.8) is 0 Å². The number of hydrogen-bond donors (Lipinski definition) is 1. The fourth-order valence-corrected chi connectivity index (χ4v) is 3.61. The van der Waals surface area contributed by atoms with Crippen LogP contribution in [0.3, 0.4) is 0 Å². The highest BCUT2D eigenvalue weighted by Crippen LogP contribution is 2.32. The SMILES string of the molecule is CCCCS(=O)(=O)NCCc1cc(Cl)cc(Cl)c1OC. The lowest BCUT2D eigenvalue weighted by molar-refractivity contribution is 0.410. The summed E-state index contributed by atoms with van der Waals surface area (Å²) < 4.78 is 31.1. The van der Waals surface area contributed by atoms with Gasteiger partial charge in [-0.05, 0) is 30.5 Å². The van der Waals surface area contributed by atoms with E-state index in [1.54, 1.807) is 12.1 Å². The Morgan fingerprint density at radius 1 is 1.30 bits per heavy atom. The van der Waals surface area contributed by atoms with Crippen molar-refractivity contribution in [3.8, 4) is 5.75 Å². The van der Waals surface area contributed by atoms with Gasteiger partial charge >= 0.3 is 0 Å². The zero-order chi connectivity index (χ0) is 15.2. The molecule has 0 atom stereocenters. The van der Waals surface area contributed by atoms with Gasteiger partial charge in [-0.25, -0.2) is 13.1 Å². The highest BCUT2D eigenvalue weighted by atomic mass is 35.5. The number of nitrogens with one attached hydrogen (secondary N) is 1. The molecule has 4 nitrogen and oxygen atoms in total. The highest BCUT2D eigenvalue weighted by Gasteiger charge is 2.12. The fourth-order valence-electron chi connectivity index (χ4n) is 1.78. The minimum atomic E-state index is -3.21. The van der Waals surface area contributed by atoms with E-state index in [1.807, 2.05) is 6.92 Å². The molecule has 0 aromatic heterocycles. The molecule has 0 spiro atoms.